The molecule has 0 radical (unpaired) electrons. The third-order valence-corrected chi connectivity index (χ3v) is 3.43. The minimum Gasteiger partial charge on any atom is -0.383 e. The summed E-state index contributed by atoms with van der Waals surface area (Å²) in [4.78, 5) is 14.1. The molecular formula is C15H23N3O2. The van der Waals surface area contributed by atoms with E-state index >= 15 is 0 Å². The fourth-order valence-corrected chi connectivity index (χ4v) is 2.14. The average Bonchev–Trinajstić information content (AvgIpc) is 3.30. The molecule has 0 atom stereocenters. The molecule has 1 aromatic carbocycles. The maximum Gasteiger partial charge on any atom is 0.239 e. The molecule has 110 valence electrons. The molecule has 5 nitrogen and oxygen atoms in total. The third kappa shape index (κ3) is 4.21. The number of methoxy groups -OCH3 is 1. The molecule has 2 rings (SSSR count). The predicted molar refractivity (Wildman–Crippen MR) is 79.6 cm³/mol. The van der Waals surface area contributed by atoms with Gasteiger partial charge >= 0.3 is 0 Å². The lowest BCUT2D eigenvalue weighted by atomic mass is 10.2. The van der Waals surface area contributed by atoms with Gasteiger partial charge in [-0.2, -0.15) is 0 Å². The summed E-state index contributed by atoms with van der Waals surface area (Å²) in [5.74, 6) is 0.0388. The number of nitrogens with one attached hydrogen (secondary N) is 1. The summed E-state index contributed by atoms with van der Waals surface area (Å²) in [6.45, 7) is 2.04. The first-order valence-electron chi connectivity index (χ1n) is 7.06. The van der Waals surface area contributed by atoms with Gasteiger partial charge in [0.15, 0.2) is 0 Å². The van der Waals surface area contributed by atoms with Crippen molar-refractivity contribution < 1.29 is 9.53 Å². The smallest absolute Gasteiger partial charge is 0.239 e. The van der Waals surface area contributed by atoms with E-state index in [1.54, 1.807) is 7.11 Å². The number of carbonyl (C=O) groups excluding carboxylic acids is 1. The molecule has 0 saturated heterocycles. The van der Waals surface area contributed by atoms with Crippen LogP contribution in [-0.2, 0) is 16.1 Å². The Morgan fingerprint density at radius 3 is 2.65 bits per heavy atom. The van der Waals surface area contributed by atoms with E-state index in [-0.39, 0.29) is 5.91 Å². The first kappa shape index (κ1) is 14.8. The second-order valence-electron chi connectivity index (χ2n) is 5.07. The van der Waals surface area contributed by atoms with Crippen LogP contribution in [0.15, 0.2) is 24.3 Å². The number of anilines is 1. The Hall–Kier alpha value is -1.59. The van der Waals surface area contributed by atoms with Crippen molar-refractivity contribution in [1.82, 2.24) is 5.32 Å². The lowest BCUT2D eigenvalue weighted by molar-refractivity contribution is -0.120. The van der Waals surface area contributed by atoms with Crippen molar-refractivity contribution in [2.75, 3.05) is 31.7 Å². The largest absolute Gasteiger partial charge is 0.383 e. The van der Waals surface area contributed by atoms with Gasteiger partial charge in [-0.25, -0.2) is 0 Å². The van der Waals surface area contributed by atoms with Gasteiger partial charge in [-0.3, -0.25) is 4.79 Å². The minimum absolute atomic E-state index is 0.0388. The average molecular weight is 277 g/mol. The van der Waals surface area contributed by atoms with Crippen molar-refractivity contribution >= 4 is 11.6 Å². The van der Waals surface area contributed by atoms with Gasteiger partial charge in [0.2, 0.25) is 5.91 Å². The second kappa shape index (κ2) is 7.26. The monoisotopic (exact) mass is 277 g/mol. The molecule has 0 aliphatic heterocycles. The van der Waals surface area contributed by atoms with Crippen LogP contribution < -0.4 is 16.0 Å². The minimum atomic E-state index is 0.0388. The normalized spacial score (nSPS) is 14.1. The van der Waals surface area contributed by atoms with E-state index in [0.717, 1.165) is 24.1 Å². The highest BCUT2D eigenvalue weighted by Crippen LogP contribution is 2.31. The van der Waals surface area contributed by atoms with Crippen molar-refractivity contribution in [3.8, 4) is 0 Å². The van der Waals surface area contributed by atoms with Gasteiger partial charge in [-0.15, -0.1) is 0 Å². The highest BCUT2D eigenvalue weighted by Gasteiger charge is 2.30. The highest BCUT2D eigenvalue weighted by atomic mass is 16.5. The maximum absolute atomic E-state index is 11.9. The Morgan fingerprint density at radius 1 is 1.40 bits per heavy atom. The number of ether oxygens (including phenoxy) is 1. The maximum atomic E-state index is 11.9. The van der Waals surface area contributed by atoms with Crippen molar-refractivity contribution in [3.05, 3.63) is 29.8 Å². The van der Waals surface area contributed by atoms with E-state index in [0.29, 0.717) is 32.3 Å². The van der Waals surface area contributed by atoms with E-state index in [4.69, 9.17) is 10.5 Å². The number of hydrogen-bond acceptors (Lipinski definition) is 4. The Labute approximate surface area is 120 Å². The van der Waals surface area contributed by atoms with Crippen LogP contribution in [0, 0.1) is 0 Å². The number of rotatable bonds is 8. The Bertz CT molecular complexity index is 429. The molecule has 0 unspecified atom stereocenters. The highest BCUT2D eigenvalue weighted by molar-refractivity contribution is 5.81. The van der Waals surface area contributed by atoms with Crippen molar-refractivity contribution in [2.45, 2.75) is 25.4 Å². The summed E-state index contributed by atoms with van der Waals surface area (Å²) in [5, 5.41) is 2.86. The summed E-state index contributed by atoms with van der Waals surface area (Å²) in [7, 11) is 1.63. The zero-order valence-electron chi connectivity index (χ0n) is 12.0. The van der Waals surface area contributed by atoms with E-state index in [9.17, 15) is 4.79 Å². The number of nitrogens with zero attached hydrogens (tertiary/aromatic N) is 1. The number of benzene rings is 1. The molecular weight excluding hydrogens is 254 g/mol. The summed E-state index contributed by atoms with van der Waals surface area (Å²) < 4.78 is 4.93. The molecule has 1 fully saturated rings. The summed E-state index contributed by atoms with van der Waals surface area (Å²) in [5.41, 5.74) is 7.80. The van der Waals surface area contributed by atoms with Crippen LogP contribution in [-0.4, -0.2) is 38.8 Å². The molecule has 0 heterocycles. The fraction of sp³-hybridized carbons (Fsp3) is 0.533. The van der Waals surface area contributed by atoms with Crippen molar-refractivity contribution in [2.24, 2.45) is 5.73 Å². The Morgan fingerprint density at radius 2 is 2.10 bits per heavy atom. The first-order valence-corrected chi connectivity index (χ1v) is 7.06. The second-order valence-corrected chi connectivity index (χ2v) is 5.07. The van der Waals surface area contributed by atoms with Gasteiger partial charge in [0.25, 0.3) is 0 Å². The van der Waals surface area contributed by atoms with Gasteiger partial charge in [-0.1, -0.05) is 12.1 Å². The van der Waals surface area contributed by atoms with Crippen LogP contribution in [0.1, 0.15) is 18.4 Å². The fourth-order valence-electron chi connectivity index (χ4n) is 2.14. The standard InChI is InChI=1S/C15H23N3O2/c1-20-9-8-17-15(19)11-18(14-6-7-14)13-4-2-12(10-16)3-5-13/h2-5,14H,6-11,16H2,1H3,(H,17,19). The Kier molecular flexibility index (Phi) is 5.38. The summed E-state index contributed by atoms with van der Waals surface area (Å²) >= 11 is 0. The van der Waals surface area contributed by atoms with Crippen LogP contribution in [0.2, 0.25) is 0 Å². The molecule has 1 amide bonds. The molecule has 0 aromatic heterocycles. The van der Waals surface area contributed by atoms with Crippen LogP contribution in [0.4, 0.5) is 5.69 Å². The van der Waals surface area contributed by atoms with Gasteiger partial charge in [0.1, 0.15) is 0 Å². The Balaban J connectivity index is 1.94. The van der Waals surface area contributed by atoms with Crippen LogP contribution in [0.25, 0.3) is 0 Å². The molecule has 0 spiro atoms. The van der Waals surface area contributed by atoms with E-state index < -0.39 is 0 Å². The number of carbonyl (C=O) groups is 1. The van der Waals surface area contributed by atoms with E-state index in [2.05, 4.69) is 10.2 Å². The predicted octanol–water partition coefficient (Wildman–Crippen LogP) is 0.877. The molecule has 1 aromatic rings. The molecule has 1 aliphatic carbocycles. The van der Waals surface area contributed by atoms with E-state index in [1.165, 1.54) is 0 Å². The number of hydrogen-bond donors (Lipinski definition) is 2. The number of nitrogens with two attached hydrogens (primary N) is 1. The topological polar surface area (TPSA) is 67.6 Å². The first-order chi connectivity index (χ1) is 9.74. The van der Waals surface area contributed by atoms with Gasteiger partial charge < -0.3 is 20.7 Å². The molecule has 1 saturated carbocycles. The zero-order valence-corrected chi connectivity index (χ0v) is 12.0. The summed E-state index contributed by atoms with van der Waals surface area (Å²) in [6.07, 6.45) is 2.31. The van der Waals surface area contributed by atoms with E-state index in [1.807, 2.05) is 24.3 Å². The van der Waals surface area contributed by atoms with Crippen molar-refractivity contribution in [3.63, 3.8) is 0 Å². The lowest BCUT2D eigenvalue weighted by Crippen LogP contribution is -2.39. The third-order valence-electron chi connectivity index (χ3n) is 3.43. The quantitative estimate of drug-likeness (QED) is 0.692. The molecule has 0 bridgehead atoms. The molecule has 3 N–H and O–H groups in total. The van der Waals surface area contributed by atoms with Gasteiger partial charge in [0, 0.05) is 31.9 Å². The lowest BCUT2D eigenvalue weighted by Gasteiger charge is -2.24. The molecule has 20 heavy (non-hydrogen) atoms. The molecule has 5 heteroatoms. The summed E-state index contributed by atoms with van der Waals surface area (Å²) in [6, 6.07) is 8.62. The van der Waals surface area contributed by atoms with Crippen LogP contribution in [0.5, 0.6) is 0 Å². The van der Waals surface area contributed by atoms with Crippen molar-refractivity contribution in [1.29, 1.82) is 0 Å². The number of amides is 1. The zero-order chi connectivity index (χ0) is 14.4. The molecule has 1 aliphatic rings. The van der Waals surface area contributed by atoms with Crippen LogP contribution in [0.3, 0.4) is 0 Å². The van der Waals surface area contributed by atoms with Gasteiger partial charge in [0.05, 0.1) is 13.2 Å². The van der Waals surface area contributed by atoms with Gasteiger partial charge in [-0.05, 0) is 30.5 Å². The van der Waals surface area contributed by atoms with Crippen LogP contribution >= 0.6 is 0 Å². The SMILES string of the molecule is COCCNC(=O)CN(c1ccc(CN)cc1)C1CC1.